The van der Waals surface area contributed by atoms with Crippen molar-refractivity contribution in [1.29, 1.82) is 0 Å². The van der Waals surface area contributed by atoms with Gasteiger partial charge < -0.3 is 9.47 Å². The Kier molecular flexibility index (Phi) is 4.80. The zero-order chi connectivity index (χ0) is 15.5. The third-order valence-corrected chi connectivity index (χ3v) is 4.32. The zero-order valence-electron chi connectivity index (χ0n) is 11.5. The molecule has 0 fully saturated rings. The summed E-state index contributed by atoms with van der Waals surface area (Å²) < 4.78 is 10.4. The average molecular weight is 328 g/mol. The van der Waals surface area contributed by atoms with Crippen molar-refractivity contribution in [2.75, 3.05) is 14.2 Å². The molecule has 0 amide bonds. The molecule has 0 bridgehead atoms. The number of nitro groups is 1. The largest absolute Gasteiger partial charge is 0.493 e. The number of allylic oxidation sites excluding steroid dienone is 1. The van der Waals surface area contributed by atoms with E-state index in [1.165, 1.54) is 17.8 Å². The number of nitrogens with zero attached hydrogens (tertiary/aromatic N) is 1. The summed E-state index contributed by atoms with van der Waals surface area (Å²) in [6, 6.07) is 5.46. The van der Waals surface area contributed by atoms with E-state index in [-0.39, 0.29) is 6.42 Å². The smallest absolute Gasteiger partial charge is 0.318 e. The Bertz CT molecular complexity index is 617. The number of rotatable bonds is 5. The van der Waals surface area contributed by atoms with Gasteiger partial charge in [0.15, 0.2) is 11.5 Å². The lowest BCUT2D eigenvalue weighted by molar-refractivity contribution is -0.527. The molecule has 7 heteroatoms. The predicted octanol–water partition coefficient (Wildman–Crippen LogP) is 3.85. The first kappa shape index (κ1) is 15.7. The van der Waals surface area contributed by atoms with Gasteiger partial charge in [-0.25, -0.2) is 0 Å². The first-order valence-electron chi connectivity index (χ1n) is 6.11. The van der Waals surface area contributed by atoms with Gasteiger partial charge in [-0.3, -0.25) is 10.1 Å². The fourth-order valence-electron chi connectivity index (χ4n) is 1.87. The van der Waals surface area contributed by atoms with E-state index in [1.54, 1.807) is 26.4 Å². The van der Waals surface area contributed by atoms with Gasteiger partial charge in [-0.05, 0) is 29.8 Å². The highest BCUT2D eigenvalue weighted by Gasteiger charge is 2.38. The molecule has 0 heterocycles. The number of hydrogen-bond acceptors (Lipinski definition) is 5. The van der Waals surface area contributed by atoms with E-state index in [4.69, 9.17) is 21.1 Å². The van der Waals surface area contributed by atoms with Crippen molar-refractivity contribution in [3.63, 3.8) is 0 Å². The number of benzene rings is 1. The van der Waals surface area contributed by atoms with Gasteiger partial charge in [-0.2, -0.15) is 0 Å². The summed E-state index contributed by atoms with van der Waals surface area (Å²) in [7, 11) is 3.12. The lowest BCUT2D eigenvalue weighted by Gasteiger charge is -2.17. The van der Waals surface area contributed by atoms with E-state index >= 15 is 0 Å². The quantitative estimate of drug-likeness (QED) is 0.356. The first-order valence-corrected chi connectivity index (χ1v) is 7.30. The molecular formula is C14H14ClNO4S. The topological polar surface area (TPSA) is 61.6 Å². The Morgan fingerprint density at radius 3 is 2.67 bits per heavy atom. The molecule has 1 aliphatic carbocycles. The molecule has 0 aliphatic heterocycles. The van der Waals surface area contributed by atoms with Gasteiger partial charge in [-0.15, -0.1) is 0 Å². The highest BCUT2D eigenvalue weighted by Crippen LogP contribution is 2.39. The predicted molar refractivity (Wildman–Crippen MR) is 82.8 cm³/mol. The highest BCUT2D eigenvalue weighted by molar-refractivity contribution is 8.03. The standard InChI is InChI=1S/C14H14ClNO4S/c1-19-12-6-5-10(8-13(12)20-2)21-11-4-3-7-14(15,9-11)16(17)18/h3-6,8-9H,7H2,1-2H3. The molecule has 21 heavy (non-hydrogen) atoms. The van der Waals surface area contributed by atoms with Gasteiger partial charge >= 0.3 is 5.00 Å². The Morgan fingerprint density at radius 1 is 1.33 bits per heavy atom. The zero-order valence-corrected chi connectivity index (χ0v) is 13.1. The second-order valence-electron chi connectivity index (χ2n) is 4.35. The third-order valence-electron chi connectivity index (χ3n) is 2.94. The second-order valence-corrected chi connectivity index (χ2v) is 6.15. The fraction of sp³-hybridized carbons (Fsp3) is 0.286. The molecule has 0 aromatic heterocycles. The van der Waals surface area contributed by atoms with Crippen LogP contribution in [0.2, 0.25) is 0 Å². The molecule has 0 spiro atoms. The monoisotopic (exact) mass is 327 g/mol. The third kappa shape index (κ3) is 3.51. The van der Waals surface area contributed by atoms with Crippen molar-refractivity contribution in [3.05, 3.63) is 51.4 Å². The number of alkyl halides is 1. The Labute approximate surface area is 131 Å². The summed E-state index contributed by atoms with van der Waals surface area (Å²) in [5.74, 6) is 1.24. The van der Waals surface area contributed by atoms with Gasteiger partial charge in [0.05, 0.1) is 20.6 Å². The van der Waals surface area contributed by atoms with Crippen LogP contribution in [0.5, 0.6) is 11.5 Å². The van der Waals surface area contributed by atoms with E-state index in [0.29, 0.717) is 11.5 Å². The van der Waals surface area contributed by atoms with Crippen LogP contribution >= 0.6 is 23.4 Å². The lowest BCUT2D eigenvalue weighted by Crippen LogP contribution is -2.30. The highest BCUT2D eigenvalue weighted by atomic mass is 35.5. The minimum Gasteiger partial charge on any atom is -0.493 e. The Morgan fingerprint density at radius 2 is 2.05 bits per heavy atom. The van der Waals surface area contributed by atoms with Crippen LogP contribution in [-0.4, -0.2) is 24.1 Å². The van der Waals surface area contributed by atoms with Crippen LogP contribution in [0.3, 0.4) is 0 Å². The maximum absolute atomic E-state index is 11.0. The maximum Gasteiger partial charge on any atom is 0.318 e. The van der Waals surface area contributed by atoms with Crippen LogP contribution in [0, 0.1) is 10.1 Å². The molecule has 112 valence electrons. The summed E-state index contributed by atoms with van der Waals surface area (Å²) in [4.78, 5) is 10.6. The lowest BCUT2D eigenvalue weighted by atomic mass is 10.1. The maximum atomic E-state index is 11.0. The van der Waals surface area contributed by atoms with Crippen LogP contribution in [-0.2, 0) is 0 Å². The van der Waals surface area contributed by atoms with E-state index in [2.05, 4.69) is 0 Å². The van der Waals surface area contributed by atoms with Crippen LogP contribution < -0.4 is 9.47 Å². The molecular weight excluding hydrogens is 314 g/mol. The molecule has 1 aliphatic rings. The van der Waals surface area contributed by atoms with Crippen LogP contribution in [0.25, 0.3) is 0 Å². The van der Waals surface area contributed by atoms with Gasteiger partial charge in [-0.1, -0.05) is 23.9 Å². The number of hydrogen-bond donors (Lipinski definition) is 0. The van der Waals surface area contributed by atoms with Gasteiger partial charge in [0.2, 0.25) is 0 Å². The van der Waals surface area contributed by atoms with Crippen molar-refractivity contribution in [2.24, 2.45) is 0 Å². The van der Waals surface area contributed by atoms with E-state index < -0.39 is 9.92 Å². The van der Waals surface area contributed by atoms with Gasteiger partial charge in [0.25, 0.3) is 0 Å². The van der Waals surface area contributed by atoms with Crippen molar-refractivity contribution in [2.45, 2.75) is 16.3 Å². The Hall–Kier alpha value is -1.66. The summed E-state index contributed by atoms with van der Waals surface area (Å²) >= 11 is 7.38. The van der Waals surface area contributed by atoms with Crippen molar-refractivity contribution in [3.8, 4) is 11.5 Å². The van der Waals surface area contributed by atoms with Gasteiger partial charge in [0, 0.05) is 20.8 Å². The fourth-order valence-corrected chi connectivity index (χ4v) is 3.14. The molecule has 1 atom stereocenters. The molecule has 2 rings (SSSR count). The minimum absolute atomic E-state index is 0.178. The molecule has 1 aromatic carbocycles. The van der Waals surface area contributed by atoms with E-state index in [9.17, 15) is 10.1 Å². The normalized spacial score (nSPS) is 20.8. The SMILES string of the molecule is COc1ccc(SC2=CC(Cl)([N+](=O)[O-])CC=C2)cc1OC. The number of halogens is 1. The number of ether oxygens (including phenoxy) is 2. The second kappa shape index (κ2) is 6.41. The molecule has 5 nitrogen and oxygen atoms in total. The molecule has 0 saturated carbocycles. The van der Waals surface area contributed by atoms with Crippen LogP contribution in [0.15, 0.2) is 46.2 Å². The van der Waals surface area contributed by atoms with Crippen LogP contribution in [0.4, 0.5) is 0 Å². The first-order chi connectivity index (χ1) is 9.98. The molecule has 0 radical (unpaired) electrons. The molecule has 1 unspecified atom stereocenters. The number of thioether (sulfide) groups is 1. The van der Waals surface area contributed by atoms with E-state index in [1.807, 2.05) is 18.2 Å². The molecule has 0 saturated heterocycles. The Balaban J connectivity index is 2.24. The molecule has 0 N–H and O–H groups in total. The van der Waals surface area contributed by atoms with Crippen molar-refractivity contribution < 1.29 is 14.4 Å². The van der Waals surface area contributed by atoms with E-state index in [0.717, 1.165) is 9.80 Å². The average Bonchev–Trinajstić information content (AvgIpc) is 2.47. The molecule has 1 aromatic rings. The summed E-state index contributed by atoms with van der Waals surface area (Å²) in [5.41, 5.74) is 0. The van der Waals surface area contributed by atoms with Crippen molar-refractivity contribution >= 4 is 23.4 Å². The van der Waals surface area contributed by atoms with Crippen LogP contribution in [0.1, 0.15) is 6.42 Å². The van der Waals surface area contributed by atoms with Gasteiger partial charge in [0.1, 0.15) is 0 Å². The summed E-state index contributed by atoms with van der Waals surface area (Å²) in [6.07, 6.45) is 5.18. The minimum atomic E-state index is -1.56. The number of methoxy groups -OCH3 is 2. The van der Waals surface area contributed by atoms with Crippen molar-refractivity contribution in [1.82, 2.24) is 0 Å². The summed E-state index contributed by atoms with van der Waals surface area (Å²) in [6.45, 7) is 0. The summed E-state index contributed by atoms with van der Waals surface area (Å²) in [5, 5.41) is 11.0.